The average molecular weight is 327 g/mol. The van der Waals surface area contributed by atoms with Crippen LogP contribution in [0.25, 0.3) is 0 Å². The van der Waals surface area contributed by atoms with Crippen molar-refractivity contribution in [1.29, 1.82) is 0 Å². The standard InChI is InChI=1S/C16H29N3O2S/c1-3-17-16(18-12-13-6-10-22-11-7-13)19-8-4-14(5-9-19)15(20)21-2/h13-14H,3-12H2,1-2H3,(H,17,18). The minimum absolute atomic E-state index is 0.0551. The van der Waals surface area contributed by atoms with Crippen LogP contribution in [0.4, 0.5) is 0 Å². The highest BCUT2D eigenvalue weighted by molar-refractivity contribution is 7.99. The number of thioether (sulfide) groups is 1. The van der Waals surface area contributed by atoms with Gasteiger partial charge in [-0.05, 0) is 50.0 Å². The molecule has 0 radical (unpaired) electrons. The molecule has 0 aromatic carbocycles. The molecular formula is C16H29N3O2S. The summed E-state index contributed by atoms with van der Waals surface area (Å²) in [5.41, 5.74) is 0. The summed E-state index contributed by atoms with van der Waals surface area (Å²) in [6.45, 7) is 5.68. The summed E-state index contributed by atoms with van der Waals surface area (Å²) in [6.07, 6.45) is 4.30. The van der Waals surface area contributed by atoms with E-state index in [9.17, 15) is 4.79 Å². The van der Waals surface area contributed by atoms with Crippen LogP contribution in [0, 0.1) is 11.8 Å². The summed E-state index contributed by atoms with van der Waals surface area (Å²) in [5, 5.41) is 3.40. The van der Waals surface area contributed by atoms with Crippen LogP contribution in [-0.4, -0.2) is 61.6 Å². The lowest BCUT2D eigenvalue weighted by molar-refractivity contribution is -0.146. The van der Waals surface area contributed by atoms with Crippen LogP contribution < -0.4 is 5.32 Å². The Hall–Kier alpha value is -0.910. The van der Waals surface area contributed by atoms with Crippen molar-refractivity contribution in [3.8, 4) is 0 Å². The molecule has 0 aromatic heterocycles. The maximum Gasteiger partial charge on any atom is 0.308 e. The van der Waals surface area contributed by atoms with Crippen molar-refractivity contribution >= 4 is 23.7 Å². The summed E-state index contributed by atoms with van der Waals surface area (Å²) in [4.78, 5) is 18.8. The van der Waals surface area contributed by atoms with Crippen LogP contribution in [-0.2, 0) is 9.53 Å². The third kappa shape index (κ3) is 5.07. The molecule has 2 aliphatic heterocycles. The smallest absolute Gasteiger partial charge is 0.308 e. The molecule has 22 heavy (non-hydrogen) atoms. The zero-order valence-electron chi connectivity index (χ0n) is 13.8. The Kier molecular flexibility index (Phi) is 7.36. The van der Waals surface area contributed by atoms with E-state index in [2.05, 4.69) is 28.9 Å². The van der Waals surface area contributed by atoms with E-state index in [0.717, 1.165) is 50.9 Å². The van der Waals surface area contributed by atoms with Crippen molar-refractivity contribution in [3.05, 3.63) is 0 Å². The molecule has 0 atom stereocenters. The number of aliphatic imine (C=N–C) groups is 1. The van der Waals surface area contributed by atoms with Crippen LogP contribution in [0.15, 0.2) is 4.99 Å². The minimum Gasteiger partial charge on any atom is -0.469 e. The fraction of sp³-hybridized carbons (Fsp3) is 0.875. The van der Waals surface area contributed by atoms with E-state index >= 15 is 0 Å². The molecule has 0 bridgehead atoms. The molecule has 5 nitrogen and oxygen atoms in total. The topological polar surface area (TPSA) is 53.9 Å². The highest BCUT2D eigenvalue weighted by Crippen LogP contribution is 2.23. The lowest BCUT2D eigenvalue weighted by Crippen LogP contribution is -2.46. The number of esters is 1. The number of hydrogen-bond donors (Lipinski definition) is 1. The molecule has 1 N–H and O–H groups in total. The molecule has 2 fully saturated rings. The molecule has 0 aromatic rings. The lowest BCUT2D eigenvalue weighted by atomic mass is 9.97. The first-order chi connectivity index (χ1) is 10.7. The summed E-state index contributed by atoms with van der Waals surface area (Å²) in [5.74, 6) is 4.30. The van der Waals surface area contributed by atoms with Gasteiger partial charge in [-0.2, -0.15) is 11.8 Å². The second kappa shape index (κ2) is 9.28. The number of carbonyl (C=O) groups is 1. The van der Waals surface area contributed by atoms with Gasteiger partial charge in [-0.3, -0.25) is 9.79 Å². The van der Waals surface area contributed by atoms with Crippen molar-refractivity contribution in [2.24, 2.45) is 16.8 Å². The second-order valence-corrected chi connectivity index (χ2v) is 7.26. The number of ether oxygens (including phenoxy) is 1. The van der Waals surface area contributed by atoms with Gasteiger partial charge in [0.1, 0.15) is 0 Å². The molecule has 126 valence electrons. The highest BCUT2D eigenvalue weighted by atomic mass is 32.2. The Labute approximate surface area is 138 Å². The Morgan fingerprint density at radius 2 is 1.95 bits per heavy atom. The van der Waals surface area contributed by atoms with E-state index < -0.39 is 0 Å². The zero-order valence-corrected chi connectivity index (χ0v) is 14.7. The number of piperidine rings is 1. The molecule has 0 unspecified atom stereocenters. The van der Waals surface area contributed by atoms with Gasteiger partial charge in [-0.1, -0.05) is 0 Å². The summed E-state index contributed by atoms with van der Waals surface area (Å²) < 4.78 is 4.85. The fourth-order valence-corrected chi connectivity index (χ4v) is 4.27. The normalized spacial score (nSPS) is 21.7. The quantitative estimate of drug-likeness (QED) is 0.486. The number of guanidine groups is 1. The van der Waals surface area contributed by atoms with Gasteiger partial charge in [0.2, 0.25) is 0 Å². The van der Waals surface area contributed by atoms with Crippen LogP contribution in [0.3, 0.4) is 0 Å². The molecular weight excluding hydrogens is 298 g/mol. The molecule has 2 heterocycles. The Morgan fingerprint density at radius 1 is 1.27 bits per heavy atom. The Balaban J connectivity index is 1.86. The Morgan fingerprint density at radius 3 is 2.55 bits per heavy atom. The van der Waals surface area contributed by atoms with Crippen molar-refractivity contribution in [2.45, 2.75) is 32.6 Å². The van der Waals surface area contributed by atoms with Crippen molar-refractivity contribution in [3.63, 3.8) is 0 Å². The largest absolute Gasteiger partial charge is 0.469 e. The molecule has 2 rings (SSSR count). The third-order valence-corrected chi connectivity index (χ3v) is 5.55. The fourth-order valence-electron chi connectivity index (χ4n) is 3.06. The van der Waals surface area contributed by atoms with E-state index in [1.54, 1.807) is 0 Å². The van der Waals surface area contributed by atoms with Crippen molar-refractivity contribution in [2.75, 3.05) is 44.8 Å². The number of nitrogens with one attached hydrogen (secondary N) is 1. The van der Waals surface area contributed by atoms with Crippen molar-refractivity contribution < 1.29 is 9.53 Å². The van der Waals surface area contributed by atoms with Crippen LogP contribution >= 0.6 is 11.8 Å². The van der Waals surface area contributed by atoms with Gasteiger partial charge in [0, 0.05) is 26.2 Å². The predicted octanol–water partition coefficient (Wildman–Crippen LogP) is 1.98. The van der Waals surface area contributed by atoms with E-state index in [4.69, 9.17) is 9.73 Å². The number of carbonyl (C=O) groups excluding carboxylic acids is 1. The van der Waals surface area contributed by atoms with Crippen molar-refractivity contribution in [1.82, 2.24) is 10.2 Å². The SMILES string of the molecule is CCNC(=NCC1CCSCC1)N1CCC(C(=O)OC)CC1. The molecule has 0 spiro atoms. The Bertz CT molecular complexity index is 376. The maximum atomic E-state index is 11.6. The number of rotatable bonds is 4. The molecule has 6 heteroatoms. The van der Waals surface area contributed by atoms with Gasteiger partial charge in [0.15, 0.2) is 5.96 Å². The van der Waals surface area contributed by atoms with E-state index in [1.807, 2.05) is 0 Å². The number of likely N-dealkylation sites (tertiary alicyclic amines) is 1. The third-order valence-electron chi connectivity index (χ3n) is 4.50. The zero-order chi connectivity index (χ0) is 15.8. The van der Waals surface area contributed by atoms with E-state index in [0.29, 0.717) is 0 Å². The van der Waals surface area contributed by atoms with Gasteiger partial charge in [-0.15, -0.1) is 0 Å². The first-order valence-electron chi connectivity index (χ1n) is 8.43. The first kappa shape index (κ1) is 17.4. The summed E-state index contributed by atoms with van der Waals surface area (Å²) >= 11 is 2.06. The van der Waals surface area contributed by atoms with Crippen LogP contribution in [0.2, 0.25) is 0 Å². The summed E-state index contributed by atoms with van der Waals surface area (Å²) in [6, 6.07) is 0. The van der Waals surface area contributed by atoms with Gasteiger partial charge in [0.25, 0.3) is 0 Å². The second-order valence-electron chi connectivity index (χ2n) is 6.03. The molecule has 2 aliphatic rings. The predicted molar refractivity (Wildman–Crippen MR) is 92.3 cm³/mol. The minimum atomic E-state index is -0.0682. The van der Waals surface area contributed by atoms with Gasteiger partial charge in [-0.25, -0.2) is 0 Å². The monoisotopic (exact) mass is 327 g/mol. The first-order valence-corrected chi connectivity index (χ1v) is 9.59. The highest BCUT2D eigenvalue weighted by Gasteiger charge is 2.27. The average Bonchev–Trinajstić information content (AvgIpc) is 2.59. The van der Waals surface area contributed by atoms with Gasteiger partial charge >= 0.3 is 5.97 Å². The van der Waals surface area contributed by atoms with Crippen LogP contribution in [0.1, 0.15) is 32.6 Å². The number of nitrogens with zero attached hydrogens (tertiary/aromatic N) is 2. The molecule has 0 aliphatic carbocycles. The number of methoxy groups -OCH3 is 1. The molecule has 2 saturated heterocycles. The summed E-state index contributed by atoms with van der Waals surface area (Å²) in [7, 11) is 1.47. The number of hydrogen-bond acceptors (Lipinski definition) is 4. The molecule has 0 amide bonds. The lowest BCUT2D eigenvalue weighted by Gasteiger charge is -2.33. The maximum absolute atomic E-state index is 11.6. The molecule has 0 saturated carbocycles. The van der Waals surface area contributed by atoms with Gasteiger partial charge in [0.05, 0.1) is 13.0 Å². The van der Waals surface area contributed by atoms with Gasteiger partial charge < -0.3 is 15.0 Å². The van der Waals surface area contributed by atoms with Crippen LogP contribution in [0.5, 0.6) is 0 Å². The van der Waals surface area contributed by atoms with E-state index in [-0.39, 0.29) is 11.9 Å². The van der Waals surface area contributed by atoms with E-state index in [1.165, 1.54) is 31.5 Å².